The molecule has 0 fully saturated rings. The number of fused-ring (bicyclic) bond motifs is 1. The number of nitrogens with zero attached hydrogens (tertiary/aromatic N) is 4. The zero-order valence-corrected chi connectivity index (χ0v) is 20.2. The van der Waals surface area contributed by atoms with E-state index in [1.807, 2.05) is 6.07 Å². The fourth-order valence-corrected chi connectivity index (χ4v) is 3.32. The normalized spacial score (nSPS) is 12.0. The molecule has 0 unspecified atom stereocenters. The van der Waals surface area contributed by atoms with Gasteiger partial charge in [-0.25, -0.2) is 19.4 Å². The molecule has 2 aromatic heterocycles. The molecule has 3 aromatic rings. The molecule has 12 heteroatoms. The zero-order valence-electron chi connectivity index (χ0n) is 20.2. The average Bonchev–Trinajstić information content (AvgIpc) is 3.23. The second-order valence-corrected chi connectivity index (χ2v) is 8.75. The maximum Gasteiger partial charge on any atom is 0.420 e. The highest BCUT2D eigenvalue weighted by Crippen LogP contribution is 2.20. The van der Waals surface area contributed by atoms with Gasteiger partial charge in [-0.1, -0.05) is 0 Å². The summed E-state index contributed by atoms with van der Waals surface area (Å²) in [4.78, 5) is 54.2. The van der Waals surface area contributed by atoms with Gasteiger partial charge < -0.3 is 18.8 Å². The smallest absolute Gasteiger partial charge is 0.420 e. The number of ether oxygens (including phenoxy) is 3. The topological polar surface area (TPSA) is 143 Å². The Morgan fingerprint density at radius 1 is 1.11 bits per heavy atom. The van der Waals surface area contributed by atoms with E-state index in [4.69, 9.17) is 14.2 Å². The lowest BCUT2D eigenvalue weighted by Gasteiger charge is -2.30. The van der Waals surface area contributed by atoms with Crippen LogP contribution in [0.2, 0.25) is 0 Å². The summed E-state index contributed by atoms with van der Waals surface area (Å²) in [5.74, 6) is -0.870. The largest absolute Gasteiger partial charge is 0.467 e. The van der Waals surface area contributed by atoms with Gasteiger partial charge in [0, 0.05) is 29.9 Å². The summed E-state index contributed by atoms with van der Waals surface area (Å²) >= 11 is 0. The maximum atomic E-state index is 13.1. The number of rotatable bonds is 7. The van der Waals surface area contributed by atoms with Crippen LogP contribution in [0, 0.1) is 10.1 Å². The molecule has 190 valence electrons. The molecule has 0 aliphatic heterocycles. The van der Waals surface area contributed by atoms with Crippen LogP contribution in [-0.2, 0) is 32.2 Å². The molecule has 0 aliphatic carbocycles. The zero-order chi connectivity index (χ0) is 26.5. The number of benzene rings is 1. The van der Waals surface area contributed by atoms with Gasteiger partial charge in [-0.3, -0.25) is 10.1 Å². The van der Waals surface area contributed by atoms with Gasteiger partial charge in [0.05, 0.1) is 18.6 Å². The van der Waals surface area contributed by atoms with E-state index in [9.17, 15) is 24.5 Å². The fraction of sp³-hybridized carbons (Fsp3) is 0.333. The van der Waals surface area contributed by atoms with Crippen LogP contribution in [0.3, 0.4) is 0 Å². The van der Waals surface area contributed by atoms with Crippen LogP contribution in [0.1, 0.15) is 26.3 Å². The Labute approximate surface area is 206 Å². The van der Waals surface area contributed by atoms with Crippen molar-refractivity contribution in [1.29, 1.82) is 0 Å². The molecule has 0 radical (unpaired) electrons. The second kappa shape index (κ2) is 10.8. The Morgan fingerprint density at radius 3 is 2.42 bits per heavy atom. The fourth-order valence-electron chi connectivity index (χ4n) is 3.32. The Morgan fingerprint density at radius 2 is 1.81 bits per heavy atom. The molecule has 0 bridgehead atoms. The van der Waals surface area contributed by atoms with Crippen molar-refractivity contribution in [2.45, 2.75) is 45.6 Å². The van der Waals surface area contributed by atoms with Gasteiger partial charge in [0.15, 0.2) is 6.04 Å². The lowest BCUT2D eigenvalue weighted by Crippen LogP contribution is -2.52. The van der Waals surface area contributed by atoms with Crippen LogP contribution in [0.25, 0.3) is 11.0 Å². The summed E-state index contributed by atoms with van der Waals surface area (Å²) in [6.45, 7) is 4.36. The van der Waals surface area contributed by atoms with E-state index in [-0.39, 0.29) is 18.8 Å². The van der Waals surface area contributed by atoms with Crippen LogP contribution < -0.4 is 0 Å². The van der Waals surface area contributed by atoms with E-state index in [0.29, 0.717) is 16.1 Å². The number of carbonyl (C=O) groups excluding carboxylic acids is 3. The molecule has 0 spiro atoms. The number of hydrogen-bond donors (Lipinski definition) is 0. The number of pyridine rings is 1. The summed E-state index contributed by atoms with van der Waals surface area (Å²) < 4.78 is 17.2. The number of amides is 2. The van der Waals surface area contributed by atoms with Crippen molar-refractivity contribution < 1.29 is 33.5 Å². The molecule has 0 saturated carbocycles. The van der Waals surface area contributed by atoms with E-state index < -0.39 is 34.7 Å². The molecule has 2 heterocycles. The van der Waals surface area contributed by atoms with E-state index in [2.05, 4.69) is 4.98 Å². The third kappa shape index (κ3) is 6.34. The molecule has 1 aromatic carbocycles. The summed E-state index contributed by atoms with van der Waals surface area (Å²) in [5.41, 5.74) is -0.127. The standard InChI is InChI=1S/C24H26N4O8/c1-24(2,3)36-23(31)27(22(30)35-15-16-7-9-18(10-8-16)28(32)33)19(21(29)34-4)14-26-13-11-17-6-5-12-25-20(17)26/h5-13,19H,14-15H2,1-4H3/t19-/m0/s1. The monoisotopic (exact) mass is 498 g/mol. The lowest BCUT2D eigenvalue weighted by atomic mass is 10.2. The average molecular weight is 498 g/mol. The number of nitro groups is 1. The van der Waals surface area contributed by atoms with Crippen molar-refractivity contribution in [3.05, 3.63) is 70.5 Å². The maximum absolute atomic E-state index is 13.1. The van der Waals surface area contributed by atoms with Gasteiger partial charge in [-0.15, -0.1) is 0 Å². The van der Waals surface area contributed by atoms with E-state index in [0.717, 1.165) is 12.5 Å². The molecule has 12 nitrogen and oxygen atoms in total. The number of hydrogen-bond acceptors (Lipinski definition) is 9. The van der Waals surface area contributed by atoms with Gasteiger partial charge >= 0.3 is 18.2 Å². The van der Waals surface area contributed by atoms with Crippen LogP contribution in [0.4, 0.5) is 15.3 Å². The van der Waals surface area contributed by atoms with Crippen molar-refractivity contribution in [2.75, 3.05) is 7.11 Å². The number of carbonyl (C=O) groups is 3. The summed E-state index contributed by atoms with van der Waals surface area (Å²) in [6.07, 6.45) is 0.998. The first-order valence-electron chi connectivity index (χ1n) is 10.9. The van der Waals surface area contributed by atoms with Crippen LogP contribution in [-0.4, -0.2) is 56.3 Å². The minimum atomic E-state index is -1.44. The highest BCUT2D eigenvalue weighted by Gasteiger charge is 2.40. The van der Waals surface area contributed by atoms with Gasteiger partial charge in [0.1, 0.15) is 17.9 Å². The molecule has 0 aliphatic rings. The summed E-state index contributed by atoms with van der Waals surface area (Å²) in [5, 5.41) is 11.6. The van der Waals surface area contributed by atoms with E-state index >= 15 is 0 Å². The first-order valence-corrected chi connectivity index (χ1v) is 10.9. The molecular weight excluding hydrogens is 472 g/mol. The Bertz CT molecular complexity index is 1260. The number of esters is 1. The SMILES string of the molecule is COC(=O)[C@H](Cn1ccc2cccnc21)N(C(=O)OCc1ccc([N+](=O)[O-])cc1)C(=O)OC(C)(C)C. The van der Waals surface area contributed by atoms with Crippen LogP contribution >= 0.6 is 0 Å². The number of aromatic nitrogens is 2. The molecule has 0 N–H and O–H groups in total. The minimum Gasteiger partial charge on any atom is -0.467 e. The van der Waals surface area contributed by atoms with Crippen molar-refractivity contribution in [2.24, 2.45) is 0 Å². The highest BCUT2D eigenvalue weighted by molar-refractivity contribution is 5.94. The molecule has 3 rings (SSSR count). The number of imide groups is 1. The Balaban J connectivity index is 1.90. The van der Waals surface area contributed by atoms with Crippen LogP contribution in [0.5, 0.6) is 0 Å². The van der Waals surface area contributed by atoms with Crippen molar-refractivity contribution in [3.8, 4) is 0 Å². The minimum absolute atomic E-state index is 0.126. The quantitative estimate of drug-likeness (QED) is 0.204. The number of nitro benzene ring substituents is 1. The molecular formula is C24H26N4O8. The van der Waals surface area contributed by atoms with E-state index in [1.54, 1.807) is 49.9 Å². The third-order valence-corrected chi connectivity index (χ3v) is 4.97. The number of non-ortho nitro benzene ring substituents is 1. The predicted octanol–water partition coefficient (Wildman–Crippen LogP) is 4.06. The van der Waals surface area contributed by atoms with Gasteiger partial charge in [-0.05, 0) is 56.7 Å². The van der Waals surface area contributed by atoms with Gasteiger partial charge in [0.2, 0.25) is 0 Å². The molecule has 1 atom stereocenters. The van der Waals surface area contributed by atoms with Crippen molar-refractivity contribution in [3.63, 3.8) is 0 Å². The summed E-state index contributed by atoms with van der Waals surface area (Å²) in [6, 6.07) is 9.28. The predicted molar refractivity (Wildman–Crippen MR) is 127 cm³/mol. The van der Waals surface area contributed by atoms with Crippen molar-refractivity contribution in [1.82, 2.24) is 14.5 Å². The first-order chi connectivity index (χ1) is 17.0. The first kappa shape index (κ1) is 26.1. The molecule has 2 amide bonds. The Kier molecular flexibility index (Phi) is 7.87. The van der Waals surface area contributed by atoms with Crippen molar-refractivity contribution >= 4 is 34.9 Å². The van der Waals surface area contributed by atoms with Gasteiger partial charge in [0.25, 0.3) is 5.69 Å². The summed E-state index contributed by atoms with van der Waals surface area (Å²) in [7, 11) is 1.14. The number of methoxy groups -OCH3 is 1. The molecule has 0 saturated heterocycles. The Hall–Kier alpha value is -4.48. The lowest BCUT2D eigenvalue weighted by molar-refractivity contribution is -0.384. The van der Waals surface area contributed by atoms with Crippen LogP contribution in [0.15, 0.2) is 54.9 Å². The van der Waals surface area contributed by atoms with Gasteiger partial charge in [-0.2, -0.15) is 4.90 Å². The third-order valence-electron chi connectivity index (χ3n) is 4.97. The van der Waals surface area contributed by atoms with E-state index in [1.165, 1.54) is 24.3 Å². The second-order valence-electron chi connectivity index (χ2n) is 8.75. The molecule has 36 heavy (non-hydrogen) atoms. The highest BCUT2D eigenvalue weighted by atomic mass is 16.6.